The van der Waals surface area contributed by atoms with Crippen LogP contribution in [0.4, 0.5) is 0 Å². The van der Waals surface area contributed by atoms with Crippen molar-refractivity contribution in [2.45, 2.75) is 44.1 Å². The molecular weight excluding hydrogens is 234 g/mol. The highest BCUT2D eigenvalue weighted by atomic mass is 16.5. The van der Waals surface area contributed by atoms with Gasteiger partial charge < -0.3 is 10.1 Å². The molecule has 104 valence electrons. The van der Waals surface area contributed by atoms with E-state index >= 15 is 0 Å². The van der Waals surface area contributed by atoms with Crippen molar-refractivity contribution in [3.63, 3.8) is 0 Å². The van der Waals surface area contributed by atoms with Crippen LogP contribution < -0.4 is 5.32 Å². The van der Waals surface area contributed by atoms with Crippen molar-refractivity contribution in [2.75, 3.05) is 20.3 Å². The molecule has 2 atom stereocenters. The summed E-state index contributed by atoms with van der Waals surface area (Å²) in [5, 5.41) is 3.59. The molecule has 0 bridgehead atoms. The number of benzene rings is 1. The zero-order valence-corrected chi connectivity index (χ0v) is 11.9. The second kappa shape index (κ2) is 6.06. The van der Waals surface area contributed by atoms with E-state index in [2.05, 4.69) is 36.6 Å². The smallest absolute Gasteiger partial charge is 0.0468 e. The molecule has 1 N–H and O–H groups in total. The SMILES string of the molecule is CNC(CC1CCOCC1)C1CCc2ccccc21. The van der Waals surface area contributed by atoms with Gasteiger partial charge in [0.25, 0.3) is 0 Å². The summed E-state index contributed by atoms with van der Waals surface area (Å²) in [5.41, 5.74) is 3.16. The molecule has 2 aliphatic rings. The molecule has 1 aromatic rings. The Morgan fingerprint density at radius 2 is 2.00 bits per heavy atom. The average Bonchev–Trinajstić information content (AvgIpc) is 2.90. The number of aryl methyl sites for hydroxylation is 1. The highest BCUT2D eigenvalue weighted by molar-refractivity contribution is 5.36. The number of nitrogens with one attached hydrogen (secondary N) is 1. The van der Waals surface area contributed by atoms with Gasteiger partial charge in [-0.3, -0.25) is 0 Å². The Kier molecular flexibility index (Phi) is 4.19. The summed E-state index contributed by atoms with van der Waals surface area (Å²) < 4.78 is 5.48. The molecule has 2 heteroatoms. The Hall–Kier alpha value is -0.860. The lowest BCUT2D eigenvalue weighted by Gasteiger charge is -2.30. The van der Waals surface area contributed by atoms with E-state index in [1.54, 1.807) is 11.1 Å². The van der Waals surface area contributed by atoms with Crippen LogP contribution >= 0.6 is 0 Å². The van der Waals surface area contributed by atoms with Gasteiger partial charge in [-0.2, -0.15) is 0 Å². The fraction of sp³-hybridized carbons (Fsp3) is 0.647. The Labute approximate surface area is 116 Å². The van der Waals surface area contributed by atoms with Crippen LogP contribution in [0, 0.1) is 5.92 Å². The Bertz CT molecular complexity index is 411. The van der Waals surface area contributed by atoms with Gasteiger partial charge in [-0.25, -0.2) is 0 Å². The summed E-state index contributed by atoms with van der Waals surface area (Å²) >= 11 is 0. The minimum Gasteiger partial charge on any atom is -0.381 e. The van der Waals surface area contributed by atoms with Crippen molar-refractivity contribution in [1.29, 1.82) is 0 Å². The summed E-state index contributed by atoms with van der Waals surface area (Å²) in [7, 11) is 2.13. The van der Waals surface area contributed by atoms with E-state index in [4.69, 9.17) is 4.74 Å². The van der Waals surface area contributed by atoms with Gasteiger partial charge in [-0.1, -0.05) is 24.3 Å². The van der Waals surface area contributed by atoms with Gasteiger partial charge in [-0.15, -0.1) is 0 Å². The van der Waals surface area contributed by atoms with Gasteiger partial charge in [-0.05, 0) is 62.1 Å². The van der Waals surface area contributed by atoms with Gasteiger partial charge >= 0.3 is 0 Å². The lowest BCUT2D eigenvalue weighted by molar-refractivity contribution is 0.0597. The quantitative estimate of drug-likeness (QED) is 0.897. The largest absolute Gasteiger partial charge is 0.381 e. The molecule has 19 heavy (non-hydrogen) atoms. The zero-order chi connectivity index (χ0) is 13.1. The summed E-state index contributed by atoms with van der Waals surface area (Å²) in [6, 6.07) is 9.64. The first-order chi connectivity index (χ1) is 9.38. The molecule has 0 aromatic heterocycles. The third kappa shape index (κ3) is 2.85. The van der Waals surface area contributed by atoms with E-state index in [1.165, 1.54) is 32.1 Å². The number of rotatable bonds is 4. The van der Waals surface area contributed by atoms with E-state index in [1.807, 2.05) is 0 Å². The van der Waals surface area contributed by atoms with Crippen LogP contribution in [0.3, 0.4) is 0 Å². The van der Waals surface area contributed by atoms with Crippen LogP contribution in [0.2, 0.25) is 0 Å². The number of ether oxygens (including phenoxy) is 1. The van der Waals surface area contributed by atoms with Crippen molar-refractivity contribution in [3.05, 3.63) is 35.4 Å². The maximum Gasteiger partial charge on any atom is 0.0468 e. The average molecular weight is 259 g/mol. The van der Waals surface area contributed by atoms with Crippen LogP contribution in [-0.4, -0.2) is 26.3 Å². The predicted octanol–water partition coefficient (Wildman–Crippen LogP) is 3.12. The fourth-order valence-electron chi connectivity index (χ4n) is 3.83. The molecule has 1 heterocycles. The monoisotopic (exact) mass is 259 g/mol. The lowest BCUT2D eigenvalue weighted by Crippen LogP contribution is -2.34. The third-order valence-corrected chi connectivity index (χ3v) is 4.96. The first-order valence-electron chi connectivity index (χ1n) is 7.71. The highest BCUT2D eigenvalue weighted by Crippen LogP contribution is 2.38. The minimum absolute atomic E-state index is 0.631. The number of likely N-dealkylation sites (N-methyl/N-ethyl adjacent to an activating group) is 1. The Balaban J connectivity index is 1.69. The van der Waals surface area contributed by atoms with Crippen LogP contribution in [0.5, 0.6) is 0 Å². The standard InChI is InChI=1S/C17H25NO/c1-18-17(12-13-8-10-19-11-9-13)16-7-6-14-4-2-3-5-15(14)16/h2-5,13,16-18H,6-12H2,1H3. The van der Waals surface area contributed by atoms with E-state index < -0.39 is 0 Å². The van der Waals surface area contributed by atoms with Crippen LogP contribution in [0.15, 0.2) is 24.3 Å². The summed E-state index contributed by atoms with van der Waals surface area (Å²) in [6.07, 6.45) is 6.36. The van der Waals surface area contributed by atoms with Crippen LogP contribution in [-0.2, 0) is 11.2 Å². The van der Waals surface area contributed by atoms with E-state index in [0.717, 1.165) is 19.1 Å². The van der Waals surface area contributed by atoms with Crippen molar-refractivity contribution in [2.24, 2.45) is 5.92 Å². The highest BCUT2D eigenvalue weighted by Gasteiger charge is 2.30. The van der Waals surface area contributed by atoms with E-state index in [0.29, 0.717) is 12.0 Å². The molecule has 2 nitrogen and oxygen atoms in total. The number of fused-ring (bicyclic) bond motifs is 1. The number of hydrogen-bond acceptors (Lipinski definition) is 2. The summed E-state index contributed by atoms with van der Waals surface area (Å²) in [4.78, 5) is 0. The van der Waals surface area contributed by atoms with Gasteiger partial charge in [0.05, 0.1) is 0 Å². The molecule has 1 aromatic carbocycles. The summed E-state index contributed by atoms with van der Waals surface area (Å²) in [6.45, 7) is 1.92. The second-order valence-corrected chi connectivity index (χ2v) is 6.03. The topological polar surface area (TPSA) is 21.3 Å². The Morgan fingerprint density at radius 1 is 1.21 bits per heavy atom. The van der Waals surface area contributed by atoms with Gasteiger partial charge in [0, 0.05) is 19.3 Å². The van der Waals surface area contributed by atoms with Crippen molar-refractivity contribution in [1.82, 2.24) is 5.32 Å². The normalized spacial score (nSPS) is 25.2. The van der Waals surface area contributed by atoms with Gasteiger partial charge in [0.1, 0.15) is 0 Å². The molecule has 3 rings (SSSR count). The molecule has 0 spiro atoms. The third-order valence-electron chi connectivity index (χ3n) is 4.96. The molecule has 1 saturated heterocycles. The van der Waals surface area contributed by atoms with E-state index in [-0.39, 0.29) is 0 Å². The zero-order valence-electron chi connectivity index (χ0n) is 11.9. The molecular formula is C17H25NO. The van der Waals surface area contributed by atoms with Crippen LogP contribution in [0.25, 0.3) is 0 Å². The minimum atomic E-state index is 0.631. The molecule has 2 unspecified atom stereocenters. The Morgan fingerprint density at radius 3 is 2.79 bits per heavy atom. The van der Waals surface area contributed by atoms with Gasteiger partial charge in [0.15, 0.2) is 0 Å². The first kappa shape index (κ1) is 13.1. The number of hydrogen-bond donors (Lipinski definition) is 1. The predicted molar refractivity (Wildman–Crippen MR) is 78.5 cm³/mol. The summed E-state index contributed by atoms with van der Waals surface area (Å²) in [5.74, 6) is 1.56. The van der Waals surface area contributed by atoms with Crippen molar-refractivity contribution >= 4 is 0 Å². The van der Waals surface area contributed by atoms with Crippen molar-refractivity contribution in [3.8, 4) is 0 Å². The molecule has 0 amide bonds. The molecule has 0 radical (unpaired) electrons. The maximum absolute atomic E-state index is 5.48. The molecule has 1 fully saturated rings. The molecule has 1 aliphatic carbocycles. The van der Waals surface area contributed by atoms with E-state index in [9.17, 15) is 0 Å². The second-order valence-electron chi connectivity index (χ2n) is 6.03. The molecule has 1 aliphatic heterocycles. The van der Waals surface area contributed by atoms with Gasteiger partial charge in [0.2, 0.25) is 0 Å². The van der Waals surface area contributed by atoms with Crippen molar-refractivity contribution < 1.29 is 4.74 Å². The maximum atomic E-state index is 5.48. The fourth-order valence-corrected chi connectivity index (χ4v) is 3.83. The van der Waals surface area contributed by atoms with Crippen LogP contribution in [0.1, 0.15) is 42.7 Å². The lowest BCUT2D eigenvalue weighted by atomic mass is 9.84. The molecule has 0 saturated carbocycles. The first-order valence-corrected chi connectivity index (χ1v) is 7.71.